The number of hydrogen-bond acceptors (Lipinski definition) is 4. The van der Waals surface area contributed by atoms with E-state index in [9.17, 15) is 5.26 Å². The van der Waals surface area contributed by atoms with Crippen molar-refractivity contribution in [3.63, 3.8) is 0 Å². The number of pyridine rings is 1. The fraction of sp³-hybridized carbons (Fsp3) is 0.0526. The molecule has 4 rings (SSSR count). The van der Waals surface area contributed by atoms with Gasteiger partial charge < -0.3 is 10.5 Å². The molecule has 0 spiro atoms. The van der Waals surface area contributed by atoms with E-state index in [1.165, 1.54) is 0 Å². The summed E-state index contributed by atoms with van der Waals surface area (Å²) in [4.78, 5) is 4.41. The monoisotopic (exact) mass is 333 g/mol. The average Bonchev–Trinajstić information content (AvgIpc) is 2.61. The van der Waals surface area contributed by atoms with Gasteiger partial charge >= 0.3 is 0 Å². The molecule has 0 fully saturated rings. The summed E-state index contributed by atoms with van der Waals surface area (Å²) in [6.07, 6.45) is 1.71. The second-order valence-corrected chi connectivity index (χ2v) is 5.97. The zero-order valence-corrected chi connectivity index (χ0v) is 13.3. The normalized spacial score (nSPS) is 16.4. The number of halogens is 1. The predicted octanol–water partition coefficient (Wildman–Crippen LogP) is 4.11. The van der Waals surface area contributed by atoms with Gasteiger partial charge in [0.15, 0.2) is 5.75 Å². The van der Waals surface area contributed by atoms with Gasteiger partial charge in [-0.3, -0.25) is 4.98 Å². The smallest absolute Gasteiger partial charge is 0.205 e. The van der Waals surface area contributed by atoms with Gasteiger partial charge in [-0.25, -0.2) is 0 Å². The highest BCUT2D eigenvalue weighted by atomic mass is 35.5. The van der Waals surface area contributed by atoms with Gasteiger partial charge in [-0.1, -0.05) is 41.9 Å². The summed E-state index contributed by atoms with van der Waals surface area (Å²) in [6, 6.07) is 17.3. The average molecular weight is 334 g/mol. The van der Waals surface area contributed by atoms with Gasteiger partial charge in [0.25, 0.3) is 0 Å². The Bertz CT molecular complexity index is 1020. The van der Waals surface area contributed by atoms with Gasteiger partial charge in [0.05, 0.1) is 5.92 Å². The third kappa shape index (κ3) is 2.18. The second-order valence-electron chi connectivity index (χ2n) is 5.54. The van der Waals surface area contributed by atoms with Gasteiger partial charge in [-0.15, -0.1) is 0 Å². The summed E-state index contributed by atoms with van der Waals surface area (Å²) in [5.41, 5.74) is 8.95. The standard InChI is InChI=1S/C19H12ClN3O/c20-13-6-3-11(4-7-13)16-14-8-5-12-2-1-9-23-17(12)18(14)24-19(22)15(16)10-21/h1-9,16H,22H2. The Morgan fingerprint density at radius 3 is 2.67 bits per heavy atom. The minimum atomic E-state index is -0.303. The Labute approximate surface area is 143 Å². The van der Waals surface area contributed by atoms with Crippen LogP contribution in [0, 0.1) is 11.3 Å². The molecule has 0 aliphatic carbocycles. The zero-order chi connectivity index (χ0) is 16.7. The van der Waals surface area contributed by atoms with Crippen LogP contribution < -0.4 is 10.5 Å². The number of hydrogen-bond donors (Lipinski definition) is 1. The minimum absolute atomic E-state index is 0.114. The summed E-state index contributed by atoms with van der Waals surface area (Å²) in [6.45, 7) is 0. The van der Waals surface area contributed by atoms with E-state index in [2.05, 4.69) is 11.1 Å². The van der Waals surface area contributed by atoms with Crippen molar-refractivity contribution in [3.05, 3.63) is 82.3 Å². The fourth-order valence-corrected chi connectivity index (χ4v) is 3.18. The molecule has 1 unspecified atom stereocenters. The Morgan fingerprint density at radius 2 is 1.92 bits per heavy atom. The number of fused-ring (bicyclic) bond motifs is 3. The van der Waals surface area contributed by atoms with Crippen LogP contribution in [-0.2, 0) is 0 Å². The minimum Gasteiger partial charge on any atom is -0.438 e. The first-order valence-electron chi connectivity index (χ1n) is 7.39. The quantitative estimate of drug-likeness (QED) is 0.727. The van der Waals surface area contributed by atoms with E-state index in [1.807, 2.05) is 36.4 Å². The molecule has 2 aromatic carbocycles. The number of nitriles is 1. The van der Waals surface area contributed by atoms with Gasteiger partial charge in [0.1, 0.15) is 17.2 Å². The fourth-order valence-electron chi connectivity index (χ4n) is 3.05. The Morgan fingerprint density at radius 1 is 1.12 bits per heavy atom. The molecule has 0 radical (unpaired) electrons. The number of aromatic nitrogens is 1. The molecule has 116 valence electrons. The Balaban J connectivity index is 2.00. The van der Waals surface area contributed by atoms with E-state index in [1.54, 1.807) is 18.3 Å². The van der Waals surface area contributed by atoms with Crippen molar-refractivity contribution in [1.82, 2.24) is 4.98 Å². The molecular weight excluding hydrogens is 322 g/mol. The second kappa shape index (κ2) is 5.55. The molecule has 5 heteroatoms. The van der Waals surface area contributed by atoms with E-state index >= 15 is 0 Å². The first-order chi connectivity index (χ1) is 11.7. The summed E-state index contributed by atoms with van der Waals surface area (Å²) < 4.78 is 5.77. The topological polar surface area (TPSA) is 71.9 Å². The maximum Gasteiger partial charge on any atom is 0.205 e. The van der Waals surface area contributed by atoms with Crippen molar-refractivity contribution in [3.8, 4) is 11.8 Å². The maximum atomic E-state index is 9.58. The molecule has 0 saturated heterocycles. The molecule has 1 aromatic heterocycles. The number of rotatable bonds is 1. The third-order valence-electron chi connectivity index (χ3n) is 4.16. The number of nitrogens with two attached hydrogens (primary N) is 1. The summed E-state index contributed by atoms with van der Waals surface area (Å²) in [7, 11) is 0. The zero-order valence-electron chi connectivity index (χ0n) is 12.5. The number of allylic oxidation sites excluding steroid dienone is 1. The first kappa shape index (κ1) is 14.6. The van der Waals surface area contributed by atoms with Crippen LogP contribution in [-0.4, -0.2) is 4.98 Å². The summed E-state index contributed by atoms with van der Waals surface area (Å²) >= 11 is 5.99. The molecule has 4 nitrogen and oxygen atoms in total. The van der Waals surface area contributed by atoms with Gasteiger partial charge in [0, 0.05) is 22.2 Å². The van der Waals surface area contributed by atoms with Crippen LogP contribution in [0.5, 0.6) is 5.75 Å². The van der Waals surface area contributed by atoms with Crippen LogP contribution in [0.2, 0.25) is 5.02 Å². The highest BCUT2D eigenvalue weighted by Gasteiger charge is 2.31. The van der Waals surface area contributed by atoms with Crippen LogP contribution in [0.3, 0.4) is 0 Å². The van der Waals surface area contributed by atoms with Crippen molar-refractivity contribution in [2.24, 2.45) is 5.73 Å². The molecule has 0 amide bonds. The van der Waals surface area contributed by atoms with E-state index in [0.29, 0.717) is 16.3 Å². The van der Waals surface area contributed by atoms with Crippen molar-refractivity contribution < 1.29 is 4.74 Å². The number of benzene rings is 2. The molecule has 1 atom stereocenters. The summed E-state index contributed by atoms with van der Waals surface area (Å²) in [5, 5.41) is 11.2. The number of ether oxygens (including phenoxy) is 1. The first-order valence-corrected chi connectivity index (χ1v) is 7.77. The van der Waals surface area contributed by atoms with Crippen molar-refractivity contribution in [2.45, 2.75) is 5.92 Å². The van der Waals surface area contributed by atoms with Crippen molar-refractivity contribution >= 4 is 22.5 Å². The van der Waals surface area contributed by atoms with Crippen LogP contribution in [0.25, 0.3) is 10.9 Å². The van der Waals surface area contributed by atoms with Crippen LogP contribution in [0.4, 0.5) is 0 Å². The lowest BCUT2D eigenvalue weighted by Crippen LogP contribution is -2.21. The number of nitrogens with zero attached hydrogens (tertiary/aromatic N) is 2. The molecule has 0 bridgehead atoms. The van der Waals surface area contributed by atoms with E-state index in [0.717, 1.165) is 22.0 Å². The van der Waals surface area contributed by atoms with E-state index < -0.39 is 0 Å². The molecule has 2 N–H and O–H groups in total. The molecule has 0 saturated carbocycles. The van der Waals surface area contributed by atoms with Crippen LogP contribution >= 0.6 is 11.6 Å². The van der Waals surface area contributed by atoms with Crippen LogP contribution in [0.1, 0.15) is 17.0 Å². The van der Waals surface area contributed by atoms with Crippen molar-refractivity contribution in [2.75, 3.05) is 0 Å². The van der Waals surface area contributed by atoms with E-state index in [-0.39, 0.29) is 11.8 Å². The third-order valence-corrected chi connectivity index (χ3v) is 4.41. The van der Waals surface area contributed by atoms with Gasteiger partial charge in [-0.05, 0) is 23.8 Å². The maximum absolute atomic E-state index is 9.58. The molecule has 1 aliphatic rings. The van der Waals surface area contributed by atoms with E-state index in [4.69, 9.17) is 22.1 Å². The molecular formula is C19H12ClN3O. The van der Waals surface area contributed by atoms with Crippen molar-refractivity contribution in [1.29, 1.82) is 5.26 Å². The summed E-state index contributed by atoms with van der Waals surface area (Å²) in [5.74, 6) is 0.412. The Hall–Kier alpha value is -3.03. The predicted molar refractivity (Wildman–Crippen MR) is 92.5 cm³/mol. The highest BCUT2D eigenvalue weighted by Crippen LogP contribution is 2.44. The molecule has 2 heterocycles. The molecule has 1 aliphatic heterocycles. The molecule has 3 aromatic rings. The Kier molecular flexibility index (Phi) is 3.37. The van der Waals surface area contributed by atoms with Gasteiger partial charge in [-0.2, -0.15) is 5.26 Å². The van der Waals surface area contributed by atoms with Gasteiger partial charge in [0.2, 0.25) is 5.88 Å². The highest BCUT2D eigenvalue weighted by molar-refractivity contribution is 6.30. The lowest BCUT2D eigenvalue weighted by molar-refractivity contribution is 0.397. The molecule has 24 heavy (non-hydrogen) atoms. The lowest BCUT2D eigenvalue weighted by Gasteiger charge is -2.27. The SMILES string of the molecule is N#CC1=C(N)Oc2c(ccc3cccnc23)C1c1ccc(Cl)cc1. The largest absolute Gasteiger partial charge is 0.438 e. The van der Waals surface area contributed by atoms with Crippen LogP contribution in [0.15, 0.2) is 66.2 Å². The lowest BCUT2D eigenvalue weighted by atomic mass is 9.83.